The van der Waals surface area contributed by atoms with Crippen LogP contribution >= 0.6 is 0 Å². The van der Waals surface area contributed by atoms with Gasteiger partial charge in [-0.2, -0.15) is 5.26 Å². The predicted octanol–water partition coefficient (Wildman–Crippen LogP) is 3.88. The molecule has 0 aromatic heterocycles. The predicted molar refractivity (Wildman–Crippen MR) is 84.4 cm³/mol. The molecule has 0 bridgehead atoms. The van der Waals surface area contributed by atoms with Gasteiger partial charge in [-0.1, -0.05) is 24.3 Å². The number of nitrogens with zero attached hydrogens (tertiary/aromatic N) is 3. The van der Waals surface area contributed by atoms with Crippen molar-refractivity contribution in [2.24, 2.45) is 0 Å². The van der Waals surface area contributed by atoms with Gasteiger partial charge in [-0.05, 0) is 24.1 Å². The van der Waals surface area contributed by atoms with Gasteiger partial charge in [-0.25, -0.2) is 0 Å². The molecule has 2 aromatic carbocycles. The maximum absolute atomic E-state index is 11.0. The van der Waals surface area contributed by atoms with E-state index in [4.69, 9.17) is 0 Å². The van der Waals surface area contributed by atoms with E-state index in [9.17, 15) is 25.5 Å². The fourth-order valence-corrected chi connectivity index (χ4v) is 2.05. The second kappa shape index (κ2) is 6.49. The smallest absolute Gasteiger partial charge is 0.258 e. The van der Waals surface area contributed by atoms with Crippen LogP contribution in [-0.4, -0.2) is 9.85 Å². The van der Waals surface area contributed by atoms with Crippen LogP contribution in [0, 0.1) is 38.5 Å². The zero-order chi connectivity index (χ0) is 17.0. The fraction of sp³-hybridized carbons (Fsp3) is 0.0625. The molecule has 7 nitrogen and oxygen atoms in total. The zero-order valence-corrected chi connectivity index (χ0v) is 12.1. The molecule has 0 aliphatic heterocycles. The minimum absolute atomic E-state index is 0.0462. The van der Waals surface area contributed by atoms with Gasteiger partial charge in [0.05, 0.1) is 21.5 Å². The van der Waals surface area contributed by atoms with E-state index < -0.39 is 9.85 Å². The topological polar surface area (TPSA) is 110 Å². The first-order valence-corrected chi connectivity index (χ1v) is 6.54. The van der Waals surface area contributed by atoms with Gasteiger partial charge >= 0.3 is 0 Å². The molecule has 0 amide bonds. The van der Waals surface area contributed by atoms with E-state index in [2.05, 4.69) is 0 Å². The number of nitro groups is 2. The molecule has 0 aliphatic carbocycles. The fourth-order valence-electron chi connectivity index (χ4n) is 2.05. The molecule has 114 valence electrons. The molecule has 0 heterocycles. The van der Waals surface area contributed by atoms with Crippen molar-refractivity contribution in [1.29, 1.82) is 5.26 Å². The van der Waals surface area contributed by atoms with Crippen molar-refractivity contribution in [2.45, 2.75) is 6.92 Å². The molecule has 0 radical (unpaired) electrons. The number of aryl methyl sites for hydroxylation is 1. The highest BCUT2D eigenvalue weighted by Crippen LogP contribution is 2.25. The van der Waals surface area contributed by atoms with Crippen molar-refractivity contribution in [3.63, 3.8) is 0 Å². The Morgan fingerprint density at radius 1 is 1.13 bits per heavy atom. The second-order valence-electron chi connectivity index (χ2n) is 4.78. The Morgan fingerprint density at radius 2 is 1.87 bits per heavy atom. The first kappa shape index (κ1) is 15.9. The lowest BCUT2D eigenvalue weighted by Crippen LogP contribution is -1.92. The van der Waals surface area contributed by atoms with Crippen LogP contribution in [0.4, 0.5) is 11.4 Å². The molecule has 2 aromatic rings. The molecule has 0 aliphatic rings. The molecule has 0 atom stereocenters. The highest BCUT2D eigenvalue weighted by atomic mass is 16.6. The van der Waals surface area contributed by atoms with E-state index in [1.165, 1.54) is 30.3 Å². The SMILES string of the molecule is Cc1ccc(/C=C(/C#N)c2cccc([N+](=O)[O-])c2)cc1[N+](=O)[O-]. The summed E-state index contributed by atoms with van der Waals surface area (Å²) in [7, 11) is 0. The van der Waals surface area contributed by atoms with E-state index >= 15 is 0 Å². The summed E-state index contributed by atoms with van der Waals surface area (Å²) in [4.78, 5) is 20.7. The van der Waals surface area contributed by atoms with E-state index in [0.29, 0.717) is 16.7 Å². The Morgan fingerprint density at radius 3 is 2.48 bits per heavy atom. The summed E-state index contributed by atoms with van der Waals surface area (Å²) in [6.45, 7) is 1.62. The third-order valence-electron chi connectivity index (χ3n) is 3.23. The summed E-state index contributed by atoms with van der Waals surface area (Å²) in [5, 5.41) is 31.1. The summed E-state index contributed by atoms with van der Waals surface area (Å²) in [6.07, 6.45) is 1.46. The van der Waals surface area contributed by atoms with Crippen molar-refractivity contribution >= 4 is 23.0 Å². The second-order valence-corrected chi connectivity index (χ2v) is 4.78. The maximum atomic E-state index is 11.0. The van der Waals surface area contributed by atoms with Crippen LogP contribution in [0.5, 0.6) is 0 Å². The number of benzene rings is 2. The number of allylic oxidation sites excluding steroid dienone is 1. The Hall–Kier alpha value is -3.53. The first-order chi connectivity index (χ1) is 10.9. The molecule has 0 N–H and O–H groups in total. The number of nitriles is 1. The lowest BCUT2D eigenvalue weighted by Gasteiger charge is -2.02. The van der Waals surface area contributed by atoms with Crippen molar-refractivity contribution < 1.29 is 9.85 Å². The number of hydrogen-bond donors (Lipinski definition) is 0. The standard InChI is InChI=1S/C16H11N3O4/c1-11-5-6-12(8-16(11)19(22)23)7-14(10-17)13-3-2-4-15(9-13)18(20)21/h2-9H,1H3/b14-7-. The number of hydrogen-bond acceptors (Lipinski definition) is 5. The Kier molecular flexibility index (Phi) is 4.47. The van der Waals surface area contributed by atoms with E-state index in [1.54, 1.807) is 25.1 Å². The van der Waals surface area contributed by atoms with E-state index in [1.807, 2.05) is 6.07 Å². The monoisotopic (exact) mass is 309 g/mol. The van der Waals surface area contributed by atoms with Gasteiger partial charge in [0.25, 0.3) is 11.4 Å². The van der Waals surface area contributed by atoms with Gasteiger partial charge in [0.1, 0.15) is 0 Å². The van der Waals surface area contributed by atoms with Crippen LogP contribution in [0.25, 0.3) is 11.6 Å². The van der Waals surface area contributed by atoms with Crippen LogP contribution in [-0.2, 0) is 0 Å². The number of non-ortho nitro benzene ring substituents is 1. The quantitative estimate of drug-likeness (QED) is 0.368. The molecule has 0 saturated carbocycles. The minimum Gasteiger partial charge on any atom is -0.258 e. The third kappa shape index (κ3) is 3.57. The summed E-state index contributed by atoms with van der Waals surface area (Å²) < 4.78 is 0. The normalized spacial score (nSPS) is 10.9. The average Bonchev–Trinajstić information content (AvgIpc) is 2.53. The highest BCUT2D eigenvalue weighted by Gasteiger charge is 2.12. The molecular weight excluding hydrogens is 298 g/mol. The van der Waals surface area contributed by atoms with Crippen LogP contribution in [0.15, 0.2) is 42.5 Å². The van der Waals surface area contributed by atoms with Crippen molar-refractivity contribution in [1.82, 2.24) is 0 Å². The molecule has 0 spiro atoms. The first-order valence-electron chi connectivity index (χ1n) is 6.54. The van der Waals surface area contributed by atoms with Gasteiger partial charge in [-0.15, -0.1) is 0 Å². The van der Waals surface area contributed by atoms with Crippen LogP contribution in [0.3, 0.4) is 0 Å². The summed E-state index contributed by atoms with van der Waals surface area (Å²) in [6, 6.07) is 12.2. The van der Waals surface area contributed by atoms with Gasteiger partial charge in [0.15, 0.2) is 0 Å². The highest BCUT2D eigenvalue weighted by molar-refractivity contribution is 5.90. The number of nitro benzene ring substituents is 2. The lowest BCUT2D eigenvalue weighted by atomic mass is 10.0. The maximum Gasteiger partial charge on any atom is 0.272 e. The van der Waals surface area contributed by atoms with Crippen LogP contribution in [0.1, 0.15) is 16.7 Å². The Labute approximate surface area is 131 Å². The van der Waals surface area contributed by atoms with Crippen LogP contribution in [0.2, 0.25) is 0 Å². The van der Waals surface area contributed by atoms with E-state index in [0.717, 1.165) is 0 Å². The minimum atomic E-state index is -0.546. The van der Waals surface area contributed by atoms with Gasteiger partial charge in [0, 0.05) is 23.8 Å². The molecule has 2 rings (SSSR count). The summed E-state index contributed by atoms with van der Waals surface area (Å²) >= 11 is 0. The van der Waals surface area contributed by atoms with Crippen LogP contribution < -0.4 is 0 Å². The van der Waals surface area contributed by atoms with Crippen molar-refractivity contribution in [3.8, 4) is 6.07 Å². The Bertz CT molecular complexity index is 866. The van der Waals surface area contributed by atoms with Gasteiger partial charge in [0.2, 0.25) is 0 Å². The third-order valence-corrected chi connectivity index (χ3v) is 3.23. The average molecular weight is 309 g/mol. The summed E-state index contributed by atoms with van der Waals surface area (Å²) in [5.41, 5.74) is 1.39. The number of rotatable bonds is 4. The molecule has 23 heavy (non-hydrogen) atoms. The molecule has 7 heteroatoms. The Balaban J connectivity index is 2.50. The molecule has 0 unspecified atom stereocenters. The molecule has 0 saturated heterocycles. The lowest BCUT2D eigenvalue weighted by molar-refractivity contribution is -0.385. The largest absolute Gasteiger partial charge is 0.272 e. The molecular formula is C16H11N3O4. The van der Waals surface area contributed by atoms with Gasteiger partial charge < -0.3 is 0 Å². The van der Waals surface area contributed by atoms with Gasteiger partial charge in [-0.3, -0.25) is 20.2 Å². The zero-order valence-electron chi connectivity index (χ0n) is 12.1. The van der Waals surface area contributed by atoms with E-state index in [-0.39, 0.29) is 16.9 Å². The molecule has 0 fully saturated rings. The summed E-state index contributed by atoms with van der Waals surface area (Å²) in [5.74, 6) is 0. The van der Waals surface area contributed by atoms with Crippen molar-refractivity contribution in [2.75, 3.05) is 0 Å². The van der Waals surface area contributed by atoms with Crippen molar-refractivity contribution in [3.05, 3.63) is 79.4 Å².